The van der Waals surface area contributed by atoms with E-state index < -0.39 is 11.6 Å². The molecule has 28 heavy (non-hydrogen) atoms. The summed E-state index contributed by atoms with van der Waals surface area (Å²) in [5.74, 6) is -0.376. The van der Waals surface area contributed by atoms with Gasteiger partial charge in [0.1, 0.15) is 5.75 Å². The molecule has 0 fully saturated rings. The first-order valence-electron chi connectivity index (χ1n) is 8.80. The molecule has 0 aliphatic carbocycles. The van der Waals surface area contributed by atoms with Gasteiger partial charge >= 0.3 is 0 Å². The second kappa shape index (κ2) is 6.26. The van der Waals surface area contributed by atoms with Crippen LogP contribution in [0.2, 0.25) is 0 Å². The number of amides is 3. The molecule has 4 rings (SSSR count). The van der Waals surface area contributed by atoms with Crippen LogP contribution in [0.15, 0.2) is 42.5 Å². The van der Waals surface area contributed by atoms with Gasteiger partial charge in [-0.05, 0) is 24.3 Å². The van der Waals surface area contributed by atoms with Crippen molar-refractivity contribution in [2.24, 2.45) is 0 Å². The lowest BCUT2D eigenvalue weighted by Gasteiger charge is -2.50. The van der Waals surface area contributed by atoms with Crippen molar-refractivity contribution in [1.82, 2.24) is 10.2 Å². The third-order valence-electron chi connectivity index (χ3n) is 5.35. The van der Waals surface area contributed by atoms with E-state index in [4.69, 9.17) is 4.74 Å². The van der Waals surface area contributed by atoms with Gasteiger partial charge in [-0.3, -0.25) is 14.4 Å². The Hall–Kier alpha value is -3.55. The van der Waals surface area contributed by atoms with Crippen molar-refractivity contribution < 1.29 is 19.1 Å². The minimum absolute atomic E-state index is 0.0932. The van der Waals surface area contributed by atoms with E-state index in [1.165, 1.54) is 11.9 Å². The fourth-order valence-electron chi connectivity index (χ4n) is 3.99. The number of ether oxygens (including phenoxy) is 1. The number of benzene rings is 2. The third kappa shape index (κ3) is 2.20. The van der Waals surface area contributed by atoms with E-state index in [-0.39, 0.29) is 18.4 Å². The number of methoxy groups -OCH3 is 1. The van der Waals surface area contributed by atoms with Crippen molar-refractivity contribution in [3.63, 3.8) is 0 Å². The average Bonchev–Trinajstić information content (AvgIpc) is 3.01. The Labute approximate surface area is 162 Å². The summed E-state index contributed by atoms with van der Waals surface area (Å²) in [5, 5.41) is 5.45. The first-order chi connectivity index (χ1) is 13.4. The minimum Gasteiger partial charge on any atom is -0.497 e. The lowest BCUT2D eigenvalue weighted by molar-refractivity contribution is -0.126. The zero-order valence-electron chi connectivity index (χ0n) is 15.8. The Morgan fingerprint density at radius 2 is 1.96 bits per heavy atom. The van der Waals surface area contributed by atoms with Gasteiger partial charge in [-0.15, -0.1) is 0 Å². The van der Waals surface area contributed by atoms with E-state index in [9.17, 15) is 14.4 Å². The molecule has 0 radical (unpaired) electrons. The second-order valence-corrected chi connectivity index (χ2v) is 6.68. The molecular formula is C20H20N4O4. The molecule has 1 atom stereocenters. The van der Waals surface area contributed by atoms with Crippen molar-refractivity contribution in [3.8, 4) is 5.75 Å². The fourth-order valence-corrected chi connectivity index (χ4v) is 3.99. The number of carbonyl (C=O) groups excluding carboxylic acids is 3. The standard InChI is InChI=1S/C20H20N4O4/c1-21-17(25)11-24-16-7-5-4-6-13(16)18(26)23(2)20(24)14-9-8-12(28-3)10-15(14)22-19(20)27/h4-10H,11H2,1-3H3,(H,21,25)(H,22,27)/t20-/m0/s1. The summed E-state index contributed by atoms with van der Waals surface area (Å²) >= 11 is 0. The second-order valence-electron chi connectivity index (χ2n) is 6.68. The molecular weight excluding hydrogens is 360 g/mol. The number of hydrogen-bond donors (Lipinski definition) is 2. The van der Waals surface area contributed by atoms with Crippen LogP contribution in [0.25, 0.3) is 0 Å². The van der Waals surface area contributed by atoms with Crippen LogP contribution in [0.4, 0.5) is 11.4 Å². The molecule has 0 unspecified atom stereocenters. The first kappa shape index (κ1) is 17.8. The van der Waals surface area contributed by atoms with Crippen LogP contribution >= 0.6 is 0 Å². The third-order valence-corrected chi connectivity index (χ3v) is 5.35. The van der Waals surface area contributed by atoms with Crippen LogP contribution in [0.1, 0.15) is 15.9 Å². The maximum absolute atomic E-state index is 13.3. The molecule has 3 amide bonds. The van der Waals surface area contributed by atoms with Crippen LogP contribution in [0.3, 0.4) is 0 Å². The van der Waals surface area contributed by atoms with Crippen molar-refractivity contribution in [1.29, 1.82) is 0 Å². The van der Waals surface area contributed by atoms with Crippen molar-refractivity contribution in [2.75, 3.05) is 38.0 Å². The van der Waals surface area contributed by atoms with Gasteiger partial charge in [-0.25, -0.2) is 0 Å². The Kier molecular flexibility index (Phi) is 3.99. The van der Waals surface area contributed by atoms with Crippen molar-refractivity contribution in [2.45, 2.75) is 5.66 Å². The number of rotatable bonds is 3. The minimum atomic E-state index is -1.47. The zero-order valence-corrected chi connectivity index (χ0v) is 15.8. The molecule has 2 N–H and O–H groups in total. The molecule has 8 heteroatoms. The molecule has 0 saturated heterocycles. The largest absolute Gasteiger partial charge is 0.497 e. The van der Waals surface area contributed by atoms with Crippen LogP contribution < -0.4 is 20.3 Å². The predicted molar refractivity (Wildman–Crippen MR) is 103 cm³/mol. The first-order valence-corrected chi connectivity index (χ1v) is 8.80. The van der Waals surface area contributed by atoms with Gasteiger partial charge in [0.05, 0.1) is 30.6 Å². The van der Waals surface area contributed by atoms with E-state index >= 15 is 0 Å². The summed E-state index contributed by atoms with van der Waals surface area (Å²) in [6.45, 7) is -0.0932. The van der Waals surface area contributed by atoms with Crippen LogP contribution in [-0.4, -0.2) is 50.4 Å². The fraction of sp³-hybridized carbons (Fsp3) is 0.250. The highest BCUT2D eigenvalue weighted by Gasteiger charge is 2.59. The van der Waals surface area contributed by atoms with Gasteiger partial charge < -0.3 is 25.2 Å². The lowest BCUT2D eigenvalue weighted by Crippen LogP contribution is -2.66. The van der Waals surface area contributed by atoms with Crippen LogP contribution in [0, 0.1) is 0 Å². The maximum atomic E-state index is 13.3. The Bertz CT molecular complexity index is 1010. The summed E-state index contributed by atoms with van der Waals surface area (Å²) < 4.78 is 5.25. The van der Waals surface area contributed by atoms with E-state index in [1.807, 2.05) is 0 Å². The van der Waals surface area contributed by atoms with Crippen molar-refractivity contribution >= 4 is 29.1 Å². The summed E-state index contributed by atoms with van der Waals surface area (Å²) in [6, 6.07) is 12.2. The SMILES string of the molecule is CNC(=O)CN1c2ccccc2C(=O)N(C)[C@]12C(=O)Nc1cc(OC)ccc12. The molecule has 0 saturated carbocycles. The van der Waals surface area contributed by atoms with Gasteiger partial charge in [-0.1, -0.05) is 12.1 Å². The summed E-state index contributed by atoms with van der Waals surface area (Å²) in [7, 11) is 4.65. The summed E-state index contributed by atoms with van der Waals surface area (Å²) in [4.78, 5) is 41.9. The Morgan fingerprint density at radius 3 is 2.68 bits per heavy atom. The van der Waals surface area contributed by atoms with Crippen LogP contribution in [0.5, 0.6) is 5.75 Å². The van der Waals surface area contributed by atoms with E-state index in [0.29, 0.717) is 28.3 Å². The number of para-hydroxylation sites is 1. The highest BCUT2D eigenvalue weighted by Crippen LogP contribution is 2.49. The number of anilines is 2. The highest BCUT2D eigenvalue weighted by atomic mass is 16.5. The van der Waals surface area contributed by atoms with Gasteiger partial charge in [-0.2, -0.15) is 0 Å². The average molecular weight is 380 g/mol. The van der Waals surface area contributed by atoms with Gasteiger partial charge in [0.15, 0.2) is 0 Å². The number of carbonyl (C=O) groups is 3. The topological polar surface area (TPSA) is 91.0 Å². The van der Waals surface area contributed by atoms with Gasteiger partial charge in [0.2, 0.25) is 11.6 Å². The zero-order chi connectivity index (χ0) is 20.1. The van der Waals surface area contributed by atoms with E-state index in [0.717, 1.165) is 0 Å². The molecule has 0 bridgehead atoms. The highest BCUT2D eigenvalue weighted by molar-refractivity contribution is 6.15. The monoisotopic (exact) mass is 380 g/mol. The molecule has 2 aliphatic heterocycles. The molecule has 144 valence electrons. The Morgan fingerprint density at radius 1 is 1.21 bits per heavy atom. The molecule has 1 spiro atoms. The summed E-state index contributed by atoms with van der Waals surface area (Å²) in [6.07, 6.45) is 0. The number of nitrogens with one attached hydrogen (secondary N) is 2. The summed E-state index contributed by atoms with van der Waals surface area (Å²) in [5.41, 5.74) is 0.639. The van der Waals surface area contributed by atoms with Gasteiger partial charge in [0, 0.05) is 25.7 Å². The van der Waals surface area contributed by atoms with Crippen LogP contribution in [-0.2, 0) is 15.3 Å². The molecule has 0 aromatic heterocycles. The van der Waals surface area contributed by atoms with E-state index in [2.05, 4.69) is 10.6 Å². The molecule has 2 heterocycles. The maximum Gasteiger partial charge on any atom is 0.276 e. The predicted octanol–water partition coefficient (Wildman–Crippen LogP) is 1.14. The molecule has 2 aliphatic rings. The van der Waals surface area contributed by atoms with Crippen molar-refractivity contribution in [3.05, 3.63) is 53.6 Å². The smallest absolute Gasteiger partial charge is 0.276 e. The lowest BCUT2D eigenvalue weighted by atomic mass is 9.91. The number of fused-ring (bicyclic) bond motifs is 3. The number of nitrogens with zero attached hydrogens (tertiary/aromatic N) is 2. The normalized spacial score (nSPS) is 20.0. The number of hydrogen-bond acceptors (Lipinski definition) is 5. The Balaban J connectivity index is 2.00. The van der Waals surface area contributed by atoms with Gasteiger partial charge in [0.25, 0.3) is 11.8 Å². The number of likely N-dealkylation sites (N-methyl/N-ethyl adjacent to an activating group) is 2. The quantitative estimate of drug-likeness (QED) is 0.833. The molecule has 2 aromatic rings. The molecule has 2 aromatic carbocycles. The molecule has 8 nitrogen and oxygen atoms in total. The van der Waals surface area contributed by atoms with E-state index in [1.54, 1.807) is 61.5 Å².